The predicted octanol–water partition coefficient (Wildman–Crippen LogP) is 3.46. The third kappa shape index (κ3) is 2.93. The highest BCUT2D eigenvalue weighted by molar-refractivity contribution is 5.86. The smallest absolute Gasteiger partial charge is 0.245 e. The van der Waals surface area contributed by atoms with E-state index >= 15 is 0 Å². The van der Waals surface area contributed by atoms with Crippen molar-refractivity contribution in [3.63, 3.8) is 0 Å². The maximum atomic E-state index is 13.0. The molecule has 3 aliphatic heterocycles. The van der Waals surface area contributed by atoms with Crippen molar-refractivity contribution < 1.29 is 9.21 Å². The molecule has 5 rings (SSSR count). The van der Waals surface area contributed by atoms with Crippen LogP contribution in [-0.4, -0.2) is 43.0 Å². The quantitative estimate of drug-likeness (QED) is 0.759. The number of carbonyl (C=O) groups is 1. The molecule has 5 nitrogen and oxygen atoms in total. The summed E-state index contributed by atoms with van der Waals surface area (Å²) >= 11 is 0. The van der Waals surface area contributed by atoms with E-state index < -0.39 is 0 Å². The largest absolute Gasteiger partial charge is 0.462 e. The first-order valence-corrected chi connectivity index (χ1v) is 9.64. The van der Waals surface area contributed by atoms with Crippen molar-refractivity contribution in [2.75, 3.05) is 36.4 Å². The average Bonchev–Trinajstić information content (AvgIpc) is 3.17. The minimum Gasteiger partial charge on any atom is -0.462 e. The lowest BCUT2D eigenvalue weighted by Gasteiger charge is -2.38. The molecule has 1 aromatic carbocycles. The Balaban J connectivity index is 1.24. The molecule has 1 aliphatic carbocycles. The van der Waals surface area contributed by atoms with E-state index in [1.807, 2.05) is 17.0 Å². The number of benzene rings is 1. The predicted molar refractivity (Wildman–Crippen MR) is 106 cm³/mol. The summed E-state index contributed by atoms with van der Waals surface area (Å²) in [5, 5.41) is 3.44. The Morgan fingerprint density at radius 2 is 1.85 bits per heavy atom. The van der Waals surface area contributed by atoms with Crippen molar-refractivity contribution in [2.45, 2.75) is 18.9 Å². The van der Waals surface area contributed by atoms with Gasteiger partial charge in [-0.05, 0) is 48.7 Å². The fourth-order valence-corrected chi connectivity index (χ4v) is 4.24. The number of nitrogens with one attached hydrogen (secondary N) is 1. The number of hydrogen-bond donors (Lipinski definition) is 1. The van der Waals surface area contributed by atoms with E-state index in [-0.39, 0.29) is 11.9 Å². The normalized spacial score (nSPS) is 19.6. The molecule has 1 amide bonds. The summed E-state index contributed by atoms with van der Waals surface area (Å²) in [6.45, 7) is 3.16. The zero-order chi connectivity index (χ0) is 18.2. The Kier molecular flexibility index (Phi) is 4.00. The number of rotatable bonds is 2. The second-order valence-corrected chi connectivity index (χ2v) is 7.32. The van der Waals surface area contributed by atoms with Gasteiger partial charge in [-0.1, -0.05) is 18.2 Å². The minimum absolute atomic E-state index is 0.110. The van der Waals surface area contributed by atoms with E-state index in [4.69, 9.17) is 4.42 Å². The number of anilines is 2. The minimum atomic E-state index is -0.110. The molecule has 138 valence electrons. The second-order valence-electron chi connectivity index (χ2n) is 7.32. The fraction of sp³-hybridized carbons (Fsp3) is 0.318. The molecule has 0 aromatic heterocycles. The van der Waals surface area contributed by atoms with Crippen LogP contribution in [0.3, 0.4) is 0 Å². The topological polar surface area (TPSA) is 48.7 Å². The van der Waals surface area contributed by atoms with Crippen LogP contribution < -0.4 is 10.2 Å². The first kappa shape index (κ1) is 16.2. The molecule has 27 heavy (non-hydrogen) atoms. The van der Waals surface area contributed by atoms with Gasteiger partial charge in [0.2, 0.25) is 5.91 Å². The molecule has 1 unspecified atom stereocenters. The van der Waals surface area contributed by atoms with E-state index in [1.54, 1.807) is 6.26 Å². The molecule has 0 saturated carbocycles. The molecule has 1 saturated heterocycles. The number of para-hydroxylation sites is 1. The molecule has 0 radical (unpaired) electrons. The lowest BCUT2D eigenvalue weighted by molar-refractivity contribution is -0.132. The molecular formula is C22H23N3O2. The molecule has 1 aromatic rings. The van der Waals surface area contributed by atoms with Gasteiger partial charge in [-0.25, -0.2) is 0 Å². The molecule has 4 aliphatic rings. The Morgan fingerprint density at radius 3 is 2.74 bits per heavy atom. The van der Waals surface area contributed by atoms with Crippen molar-refractivity contribution in [1.82, 2.24) is 4.90 Å². The lowest BCUT2D eigenvalue weighted by Crippen LogP contribution is -2.53. The first-order chi connectivity index (χ1) is 13.3. The number of nitrogens with zero attached hydrogens (tertiary/aromatic N) is 2. The molecule has 3 heterocycles. The molecule has 5 heteroatoms. The van der Waals surface area contributed by atoms with Crippen molar-refractivity contribution in [2.24, 2.45) is 0 Å². The van der Waals surface area contributed by atoms with Crippen LogP contribution in [0.5, 0.6) is 0 Å². The van der Waals surface area contributed by atoms with Gasteiger partial charge < -0.3 is 19.5 Å². The number of carbonyl (C=O) groups excluding carboxylic acids is 1. The van der Waals surface area contributed by atoms with E-state index in [9.17, 15) is 4.79 Å². The number of piperazine rings is 1. The van der Waals surface area contributed by atoms with Crippen molar-refractivity contribution >= 4 is 17.3 Å². The third-order valence-electron chi connectivity index (χ3n) is 5.74. The van der Waals surface area contributed by atoms with E-state index in [0.717, 1.165) is 61.7 Å². The summed E-state index contributed by atoms with van der Waals surface area (Å²) in [5.74, 6) is 1.16. The van der Waals surface area contributed by atoms with Crippen molar-refractivity contribution in [3.05, 3.63) is 60.4 Å². The second kappa shape index (κ2) is 6.65. The summed E-state index contributed by atoms with van der Waals surface area (Å²) in [5.41, 5.74) is 4.65. The Labute approximate surface area is 158 Å². The highest BCUT2D eigenvalue weighted by Crippen LogP contribution is 2.35. The summed E-state index contributed by atoms with van der Waals surface area (Å²) in [7, 11) is 0. The molecular weight excluding hydrogens is 338 g/mol. The average molecular weight is 361 g/mol. The van der Waals surface area contributed by atoms with Gasteiger partial charge in [0.25, 0.3) is 0 Å². The number of aryl methyl sites for hydroxylation is 1. The highest BCUT2D eigenvalue weighted by Gasteiger charge is 2.30. The summed E-state index contributed by atoms with van der Waals surface area (Å²) in [6, 6.07) is 16.4. The number of fused-ring (bicyclic) bond motifs is 2. The van der Waals surface area contributed by atoms with E-state index in [2.05, 4.69) is 46.6 Å². The maximum Gasteiger partial charge on any atom is 0.245 e. The van der Waals surface area contributed by atoms with Gasteiger partial charge in [-0.3, -0.25) is 4.79 Å². The molecule has 0 spiro atoms. The summed E-state index contributed by atoms with van der Waals surface area (Å²) < 4.78 is 5.71. The molecule has 1 atom stereocenters. The Bertz CT molecular complexity index is 927. The number of hydrogen-bond acceptors (Lipinski definition) is 4. The Hall–Kier alpha value is -2.95. The zero-order valence-electron chi connectivity index (χ0n) is 15.2. The van der Waals surface area contributed by atoms with E-state index in [0.29, 0.717) is 0 Å². The summed E-state index contributed by atoms with van der Waals surface area (Å²) in [6.07, 6.45) is 3.54. The SMILES string of the molecule is O=C(C1CCc2ccccc2N1)N1CCN(c2ccc3cccoc2-3)CC1. The number of amides is 1. The third-order valence-corrected chi connectivity index (χ3v) is 5.74. The Morgan fingerprint density at radius 1 is 1.00 bits per heavy atom. The van der Waals surface area contributed by atoms with Gasteiger partial charge in [-0.15, -0.1) is 0 Å². The maximum absolute atomic E-state index is 13.0. The first-order valence-electron chi connectivity index (χ1n) is 9.64. The van der Waals surface area contributed by atoms with Crippen molar-refractivity contribution in [3.8, 4) is 11.3 Å². The molecule has 1 N–H and O–H groups in total. The standard InChI is InChI=1S/C22H23N3O2/c26-22(19-9-7-16-4-1-2-6-18(16)23-19)25-13-11-24(12-14-25)20-10-8-17-5-3-15-27-21(17)20/h1-6,8,10,15,19,23H,7,9,11-14H2. The fourth-order valence-electron chi connectivity index (χ4n) is 4.24. The molecule has 0 bridgehead atoms. The van der Waals surface area contributed by atoms with Gasteiger partial charge in [0, 0.05) is 37.4 Å². The van der Waals surface area contributed by atoms with Crippen LogP contribution in [-0.2, 0) is 11.2 Å². The van der Waals surface area contributed by atoms with Gasteiger partial charge in [-0.2, -0.15) is 0 Å². The van der Waals surface area contributed by atoms with Gasteiger partial charge in [0.15, 0.2) is 5.76 Å². The van der Waals surface area contributed by atoms with Crippen LogP contribution in [0.1, 0.15) is 12.0 Å². The monoisotopic (exact) mass is 361 g/mol. The van der Waals surface area contributed by atoms with Crippen LogP contribution in [0.2, 0.25) is 0 Å². The lowest BCUT2D eigenvalue weighted by atomic mass is 9.97. The van der Waals surface area contributed by atoms with Gasteiger partial charge in [0.05, 0.1) is 12.0 Å². The van der Waals surface area contributed by atoms with Crippen LogP contribution in [0, 0.1) is 0 Å². The van der Waals surface area contributed by atoms with Crippen LogP contribution >= 0.6 is 0 Å². The van der Waals surface area contributed by atoms with Crippen LogP contribution in [0.15, 0.2) is 59.2 Å². The molecule has 1 fully saturated rings. The van der Waals surface area contributed by atoms with Gasteiger partial charge in [0.1, 0.15) is 6.04 Å². The van der Waals surface area contributed by atoms with Crippen LogP contribution in [0.4, 0.5) is 11.4 Å². The van der Waals surface area contributed by atoms with Crippen LogP contribution in [0.25, 0.3) is 11.3 Å². The van der Waals surface area contributed by atoms with Crippen molar-refractivity contribution in [1.29, 1.82) is 0 Å². The summed E-state index contributed by atoms with van der Waals surface area (Å²) in [4.78, 5) is 17.3. The highest BCUT2D eigenvalue weighted by atomic mass is 16.3. The zero-order valence-corrected chi connectivity index (χ0v) is 15.2. The van der Waals surface area contributed by atoms with E-state index in [1.165, 1.54) is 5.56 Å². The van der Waals surface area contributed by atoms with Gasteiger partial charge >= 0.3 is 0 Å².